The second kappa shape index (κ2) is 4.69. The molecule has 0 bridgehead atoms. The molecule has 0 amide bonds. The van der Waals surface area contributed by atoms with Gasteiger partial charge in [0.05, 0.1) is 18.2 Å². The summed E-state index contributed by atoms with van der Waals surface area (Å²) in [5, 5.41) is 20.2. The zero-order chi connectivity index (χ0) is 9.78. The van der Waals surface area contributed by atoms with Crippen LogP contribution in [-0.2, 0) is 0 Å². The molecular formula is C7H15F2NO2. The van der Waals surface area contributed by atoms with Crippen molar-refractivity contribution in [2.45, 2.75) is 31.9 Å². The van der Waals surface area contributed by atoms with E-state index in [0.717, 1.165) is 0 Å². The van der Waals surface area contributed by atoms with Gasteiger partial charge in [0, 0.05) is 6.54 Å². The first kappa shape index (κ1) is 11.7. The molecule has 2 atom stereocenters. The summed E-state index contributed by atoms with van der Waals surface area (Å²) in [5.74, 6) is 0. The smallest absolute Gasteiger partial charge is 0.253 e. The third-order valence-corrected chi connectivity index (χ3v) is 1.52. The van der Waals surface area contributed by atoms with Crippen LogP contribution in [0.2, 0.25) is 0 Å². The van der Waals surface area contributed by atoms with Crippen molar-refractivity contribution < 1.29 is 19.0 Å². The van der Waals surface area contributed by atoms with Crippen LogP contribution in [0.1, 0.15) is 13.8 Å². The van der Waals surface area contributed by atoms with Gasteiger partial charge in [-0.1, -0.05) is 0 Å². The molecular weight excluding hydrogens is 168 g/mol. The number of aliphatic hydroxyl groups excluding tert-OH is 1. The maximum absolute atomic E-state index is 11.9. The summed E-state index contributed by atoms with van der Waals surface area (Å²) in [6.45, 7) is 2.20. The Labute approximate surface area is 70.4 Å². The predicted molar refractivity (Wildman–Crippen MR) is 41.2 cm³/mol. The Hall–Kier alpha value is -0.260. The topological polar surface area (TPSA) is 52.5 Å². The van der Waals surface area contributed by atoms with E-state index in [0.29, 0.717) is 0 Å². The van der Waals surface area contributed by atoms with E-state index in [2.05, 4.69) is 5.32 Å². The Morgan fingerprint density at radius 2 is 2.00 bits per heavy atom. The predicted octanol–water partition coefficient (Wildman–Crippen LogP) is -0.0271. The van der Waals surface area contributed by atoms with Crippen LogP contribution < -0.4 is 5.32 Å². The summed E-state index contributed by atoms with van der Waals surface area (Å²) in [4.78, 5) is 0. The van der Waals surface area contributed by atoms with E-state index < -0.39 is 24.7 Å². The average molecular weight is 183 g/mol. The third-order valence-electron chi connectivity index (χ3n) is 1.52. The van der Waals surface area contributed by atoms with E-state index in [1.807, 2.05) is 0 Å². The van der Waals surface area contributed by atoms with Crippen LogP contribution in [0.4, 0.5) is 8.78 Å². The molecule has 0 saturated heterocycles. The zero-order valence-electron chi connectivity index (χ0n) is 7.22. The summed E-state index contributed by atoms with van der Waals surface area (Å²) in [6.07, 6.45) is -2.46. The van der Waals surface area contributed by atoms with Gasteiger partial charge < -0.3 is 15.5 Å². The molecule has 3 N–H and O–H groups in total. The molecule has 0 aliphatic rings. The van der Waals surface area contributed by atoms with Gasteiger partial charge >= 0.3 is 0 Å². The number of hydrogen-bond acceptors (Lipinski definition) is 3. The van der Waals surface area contributed by atoms with Crippen LogP contribution >= 0.6 is 0 Å². The van der Waals surface area contributed by atoms with Crippen molar-refractivity contribution in [3.05, 3.63) is 0 Å². The normalized spacial score (nSPS) is 19.2. The van der Waals surface area contributed by atoms with Gasteiger partial charge in [-0.3, -0.25) is 0 Å². The van der Waals surface area contributed by atoms with Gasteiger partial charge in [0.1, 0.15) is 0 Å². The molecule has 0 fully saturated rings. The van der Waals surface area contributed by atoms with E-state index in [4.69, 9.17) is 5.11 Å². The lowest BCUT2D eigenvalue weighted by Gasteiger charge is -2.23. The van der Waals surface area contributed by atoms with Crippen molar-refractivity contribution in [3.8, 4) is 0 Å². The Morgan fingerprint density at radius 3 is 2.33 bits per heavy atom. The second-order valence-electron chi connectivity index (χ2n) is 3.16. The fourth-order valence-corrected chi connectivity index (χ4v) is 0.526. The van der Waals surface area contributed by atoms with Crippen LogP contribution in [0.5, 0.6) is 0 Å². The van der Waals surface area contributed by atoms with E-state index in [9.17, 15) is 13.9 Å². The SMILES string of the molecule is CC(NCC(C)(O)CO)C(F)F. The lowest BCUT2D eigenvalue weighted by molar-refractivity contribution is -0.00497. The molecule has 3 nitrogen and oxygen atoms in total. The highest BCUT2D eigenvalue weighted by molar-refractivity contribution is 4.76. The highest BCUT2D eigenvalue weighted by Crippen LogP contribution is 2.03. The Kier molecular flexibility index (Phi) is 4.59. The molecule has 0 aliphatic carbocycles. The van der Waals surface area contributed by atoms with Crippen molar-refractivity contribution in [1.82, 2.24) is 5.32 Å². The standard InChI is InChI=1S/C7H15F2NO2/c1-5(6(8)9)10-3-7(2,12)4-11/h5-6,10-12H,3-4H2,1-2H3. The number of nitrogens with one attached hydrogen (secondary N) is 1. The van der Waals surface area contributed by atoms with Gasteiger partial charge in [-0.05, 0) is 13.8 Å². The number of halogens is 2. The number of hydrogen-bond donors (Lipinski definition) is 3. The second-order valence-corrected chi connectivity index (χ2v) is 3.16. The van der Waals surface area contributed by atoms with Gasteiger partial charge in [0.2, 0.25) is 0 Å². The van der Waals surface area contributed by atoms with Gasteiger partial charge in [-0.2, -0.15) is 0 Å². The first-order valence-electron chi connectivity index (χ1n) is 3.74. The van der Waals surface area contributed by atoms with Crippen LogP contribution in [0, 0.1) is 0 Å². The highest BCUT2D eigenvalue weighted by Gasteiger charge is 2.22. The maximum Gasteiger partial charge on any atom is 0.253 e. The van der Waals surface area contributed by atoms with Crippen molar-refractivity contribution in [1.29, 1.82) is 0 Å². The van der Waals surface area contributed by atoms with Gasteiger partial charge in [0.25, 0.3) is 6.43 Å². The van der Waals surface area contributed by atoms with Crippen molar-refractivity contribution in [2.75, 3.05) is 13.2 Å². The molecule has 0 aromatic heterocycles. The van der Waals surface area contributed by atoms with E-state index in [1.165, 1.54) is 13.8 Å². The van der Waals surface area contributed by atoms with Crippen molar-refractivity contribution in [2.24, 2.45) is 0 Å². The minimum absolute atomic E-state index is 0.0466. The van der Waals surface area contributed by atoms with Crippen molar-refractivity contribution in [3.63, 3.8) is 0 Å². The molecule has 0 saturated carbocycles. The van der Waals surface area contributed by atoms with E-state index >= 15 is 0 Å². The third kappa shape index (κ3) is 4.58. The van der Waals surface area contributed by atoms with Crippen molar-refractivity contribution >= 4 is 0 Å². The quantitative estimate of drug-likeness (QED) is 0.561. The molecule has 5 heteroatoms. The molecule has 0 spiro atoms. The minimum Gasteiger partial charge on any atom is -0.393 e. The summed E-state index contributed by atoms with van der Waals surface area (Å²) in [5.41, 5.74) is -1.33. The van der Waals surface area contributed by atoms with Crippen LogP contribution in [0.3, 0.4) is 0 Å². The molecule has 0 aromatic carbocycles. The van der Waals surface area contributed by atoms with Crippen LogP contribution in [0.15, 0.2) is 0 Å². The van der Waals surface area contributed by atoms with Gasteiger partial charge in [-0.25, -0.2) is 8.78 Å². The largest absolute Gasteiger partial charge is 0.393 e. The first-order valence-corrected chi connectivity index (χ1v) is 3.74. The Morgan fingerprint density at radius 1 is 1.50 bits per heavy atom. The number of alkyl halides is 2. The van der Waals surface area contributed by atoms with E-state index in [1.54, 1.807) is 0 Å². The first-order chi connectivity index (χ1) is 5.39. The summed E-state index contributed by atoms with van der Waals surface area (Å²) in [7, 11) is 0. The van der Waals surface area contributed by atoms with Gasteiger partial charge in [0.15, 0.2) is 0 Å². The van der Waals surface area contributed by atoms with Crippen LogP contribution in [-0.4, -0.2) is 41.4 Å². The lowest BCUT2D eigenvalue weighted by Crippen LogP contribution is -2.46. The maximum atomic E-state index is 11.9. The fourth-order valence-electron chi connectivity index (χ4n) is 0.526. The molecule has 74 valence electrons. The summed E-state index contributed by atoms with van der Waals surface area (Å²) < 4.78 is 23.8. The van der Waals surface area contributed by atoms with E-state index in [-0.39, 0.29) is 6.54 Å². The van der Waals surface area contributed by atoms with Crippen LogP contribution in [0.25, 0.3) is 0 Å². The zero-order valence-corrected chi connectivity index (χ0v) is 7.22. The average Bonchev–Trinajstić information content (AvgIpc) is 2.00. The highest BCUT2D eigenvalue weighted by atomic mass is 19.3. The number of aliphatic hydroxyl groups is 2. The van der Waals surface area contributed by atoms with Gasteiger partial charge in [-0.15, -0.1) is 0 Å². The molecule has 12 heavy (non-hydrogen) atoms. The molecule has 0 heterocycles. The minimum atomic E-state index is -2.46. The number of rotatable bonds is 5. The molecule has 0 radical (unpaired) electrons. The fraction of sp³-hybridized carbons (Fsp3) is 1.00. The summed E-state index contributed by atoms with van der Waals surface area (Å²) in [6, 6.07) is -0.969. The summed E-state index contributed by atoms with van der Waals surface area (Å²) >= 11 is 0. The Balaban J connectivity index is 3.67. The Bertz CT molecular complexity index is 131. The molecule has 0 rings (SSSR count). The lowest BCUT2D eigenvalue weighted by atomic mass is 10.1. The molecule has 0 aliphatic heterocycles. The molecule has 2 unspecified atom stereocenters. The monoisotopic (exact) mass is 183 g/mol. The molecule has 0 aromatic rings.